The molecule has 0 bridgehead atoms. The van der Waals surface area contributed by atoms with Gasteiger partial charge in [0.15, 0.2) is 34.3 Å². The second-order valence-electron chi connectivity index (χ2n) is 8.20. The maximum Gasteiger partial charge on any atom is 0.344 e. The van der Waals surface area contributed by atoms with Gasteiger partial charge in [0.2, 0.25) is 6.29 Å². The molecule has 5 rings (SSSR count). The molecule has 0 aliphatic carbocycles. The number of phenols is 4. The summed E-state index contributed by atoms with van der Waals surface area (Å²) >= 11 is 0. The van der Waals surface area contributed by atoms with Gasteiger partial charge in [-0.05, 0) is 29.7 Å². The minimum absolute atomic E-state index is 0.0143. The van der Waals surface area contributed by atoms with Crippen LogP contribution in [0.3, 0.4) is 0 Å². The number of phenolic OH excluding ortho intramolecular Hbond substituents is 4. The Balaban J connectivity index is 1.82. The first kappa shape index (κ1) is 23.0. The summed E-state index contributed by atoms with van der Waals surface area (Å²) in [5, 5.41) is 81.3. The van der Waals surface area contributed by atoms with Crippen LogP contribution in [0.4, 0.5) is 0 Å². The predicted molar refractivity (Wildman–Crippen MR) is 119 cm³/mol. The van der Waals surface area contributed by atoms with E-state index in [2.05, 4.69) is 0 Å². The monoisotopic (exact) mass is 488 g/mol. The fourth-order valence-corrected chi connectivity index (χ4v) is 4.28. The van der Waals surface area contributed by atoms with Gasteiger partial charge in [0.1, 0.15) is 24.4 Å². The molecule has 1 saturated heterocycles. The van der Waals surface area contributed by atoms with Crippen LogP contribution in [0.2, 0.25) is 0 Å². The molecule has 1 fully saturated rings. The zero-order chi connectivity index (χ0) is 25.2. The summed E-state index contributed by atoms with van der Waals surface area (Å²) in [7, 11) is 0. The summed E-state index contributed by atoms with van der Waals surface area (Å²) in [4.78, 5) is 12.5. The van der Waals surface area contributed by atoms with Crippen LogP contribution in [-0.4, -0.2) is 78.2 Å². The van der Waals surface area contributed by atoms with Gasteiger partial charge >= 0.3 is 5.63 Å². The Morgan fingerprint density at radius 1 is 0.800 bits per heavy atom. The molecule has 8 N–H and O–H groups in total. The highest BCUT2D eigenvalue weighted by atomic mass is 16.7. The van der Waals surface area contributed by atoms with E-state index in [1.807, 2.05) is 0 Å². The Bertz CT molecular complexity index is 1530. The van der Waals surface area contributed by atoms with E-state index >= 15 is 0 Å². The Hall–Kier alpha value is -3.81. The van der Waals surface area contributed by atoms with Crippen LogP contribution in [0.25, 0.3) is 32.5 Å². The zero-order valence-electron chi connectivity index (χ0n) is 17.7. The van der Waals surface area contributed by atoms with E-state index in [-0.39, 0.29) is 38.3 Å². The number of hydrogen-bond acceptors (Lipinski definition) is 12. The Morgan fingerprint density at radius 2 is 1.49 bits per heavy atom. The van der Waals surface area contributed by atoms with E-state index in [4.69, 9.17) is 13.9 Å². The van der Waals surface area contributed by atoms with Gasteiger partial charge in [0.05, 0.1) is 12.0 Å². The largest absolute Gasteiger partial charge is 0.504 e. The van der Waals surface area contributed by atoms with Crippen LogP contribution in [0.15, 0.2) is 39.5 Å². The SMILES string of the molecule is O=c1oc2c(O)cc3ccc(O)c(O[C@@H]4O[C@H](CO)[C@@H](O)[C@H](O)[C@H]4O)c3c2c2cc(O)c(O)cc12. The van der Waals surface area contributed by atoms with Crippen LogP contribution >= 0.6 is 0 Å². The van der Waals surface area contributed by atoms with Gasteiger partial charge in [-0.25, -0.2) is 4.79 Å². The standard InChI is InChI=1S/C23H20O12/c24-6-14-17(29)18(30)19(31)23(33-14)35-20-10(25)2-1-7-3-13(28)21-16(15(7)20)8-4-11(26)12(27)5-9(8)22(32)34-21/h1-5,14,17-19,23-31H,6H2/t14-,17-,18+,19-,23+/m1/s1. The Labute approximate surface area is 194 Å². The van der Waals surface area contributed by atoms with Crippen molar-refractivity contribution < 1.29 is 54.7 Å². The lowest BCUT2D eigenvalue weighted by Gasteiger charge is -2.39. The van der Waals surface area contributed by atoms with Crippen molar-refractivity contribution in [3.63, 3.8) is 0 Å². The molecular formula is C23H20O12. The lowest BCUT2D eigenvalue weighted by Crippen LogP contribution is -2.60. The van der Waals surface area contributed by atoms with Crippen molar-refractivity contribution in [2.75, 3.05) is 6.61 Å². The summed E-state index contributed by atoms with van der Waals surface area (Å²) in [5.41, 5.74) is -1.24. The van der Waals surface area contributed by atoms with Gasteiger partial charge < -0.3 is 54.7 Å². The first-order valence-corrected chi connectivity index (χ1v) is 10.4. The minimum atomic E-state index is -1.79. The highest BCUT2D eigenvalue weighted by Gasteiger charge is 2.45. The van der Waals surface area contributed by atoms with Gasteiger partial charge in [-0.1, -0.05) is 6.07 Å². The Morgan fingerprint density at radius 3 is 2.17 bits per heavy atom. The lowest BCUT2D eigenvalue weighted by atomic mass is 9.98. The summed E-state index contributed by atoms with van der Waals surface area (Å²) < 4.78 is 16.4. The molecule has 35 heavy (non-hydrogen) atoms. The molecule has 0 amide bonds. The first-order chi connectivity index (χ1) is 16.6. The molecule has 0 spiro atoms. The molecule has 5 atom stereocenters. The number of rotatable bonds is 3. The maximum atomic E-state index is 12.5. The normalized spacial score (nSPS) is 24.9. The summed E-state index contributed by atoms with van der Waals surface area (Å²) in [6.07, 6.45) is -8.12. The minimum Gasteiger partial charge on any atom is -0.504 e. The molecule has 0 radical (unpaired) electrons. The molecule has 2 heterocycles. The molecule has 12 nitrogen and oxygen atoms in total. The fraction of sp³-hybridized carbons (Fsp3) is 0.261. The van der Waals surface area contributed by atoms with E-state index in [1.54, 1.807) is 0 Å². The number of aliphatic hydroxyl groups is 4. The lowest BCUT2D eigenvalue weighted by molar-refractivity contribution is -0.277. The van der Waals surface area contributed by atoms with Crippen molar-refractivity contribution in [1.82, 2.24) is 0 Å². The van der Waals surface area contributed by atoms with Gasteiger partial charge in [-0.15, -0.1) is 0 Å². The number of hydrogen-bond donors (Lipinski definition) is 8. The second kappa shape index (κ2) is 8.15. The van der Waals surface area contributed by atoms with E-state index in [0.717, 1.165) is 12.1 Å². The van der Waals surface area contributed by atoms with Gasteiger partial charge in [0, 0.05) is 16.2 Å². The van der Waals surface area contributed by atoms with Gasteiger partial charge in [0.25, 0.3) is 0 Å². The number of aromatic hydroxyl groups is 4. The van der Waals surface area contributed by atoms with Crippen LogP contribution in [0, 0.1) is 0 Å². The van der Waals surface area contributed by atoms with Crippen LogP contribution in [0.5, 0.6) is 28.7 Å². The molecule has 3 aromatic carbocycles. The van der Waals surface area contributed by atoms with Crippen molar-refractivity contribution in [1.29, 1.82) is 0 Å². The highest BCUT2D eigenvalue weighted by molar-refractivity contribution is 6.22. The predicted octanol–water partition coefficient (Wildman–Crippen LogP) is 0.100. The van der Waals surface area contributed by atoms with Gasteiger partial charge in [-0.3, -0.25) is 0 Å². The van der Waals surface area contributed by atoms with Gasteiger partial charge in [-0.2, -0.15) is 0 Å². The molecule has 1 aliphatic rings. The van der Waals surface area contributed by atoms with E-state index < -0.39 is 65.9 Å². The third kappa shape index (κ3) is 3.47. The number of fused-ring (bicyclic) bond motifs is 5. The first-order valence-electron chi connectivity index (χ1n) is 10.4. The molecule has 184 valence electrons. The quantitative estimate of drug-likeness (QED) is 0.110. The molecule has 12 heteroatoms. The highest BCUT2D eigenvalue weighted by Crippen LogP contribution is 2.46. The average molecular weight is 488 g/mol. The summed E-state index contributed by atoms with van der Waals surface area (Å²) in [6.45, 7) is -0.707. The third-order valence-corrected chi connectivity index (χ3v) is 6.05. The second-order valence-corrected chi connectivity index (χ2v) is 8.20. The molecule has 0 unspecified atom stereocenters. The van der Waals surface area contributed by atoms with Crippen molar-refractivity contribution in [3.05, 3.63) is 40.8 Å². The van der Waals surface area contributed by atoms with Crippen LogP contribution < -0.4 is 10.4 Å². The molecule has 4 aromatic rings. The number of ether oxygens (including phenoxy) is 2. The van der Waals surface area contributed by atoms with Crippen molar-refractivity contribution >= 4 is 32.5 Å². The van der Waals surface area contributed by atoms with Crippen LogP contribution in [-0.2, 0) is 4.74 Å². The molecule has 1 aromatic heterocycles. The maximum absolute atomic E-state index is 12.5. The molecular weight excluding hydrogens is 468 g/mol. The average Bonchev–Trinajstić information content (AvgIpc) is 2.82. The van der Waals surface area contributed by atoms with E-state index in [1.165, 1.54) is 18.2 Å². The zero-order valence-corrected chi connectivity index (χ0v) is 17.7. The number of aliphatic hydroxyl groups excluding tert-OH is 4. The van der Waals surface area contributed by atoms with Crippen molar-refractivity contribution in [2.24, 2.45) is 0 Å². The summed E-state index contributed by atoms with van der Waals surface area (Å²) in [5.74, 6) is -2.39. The Kier molecular flexibility index (Phi) is 5.34. The van der Waals surface area contributed by atoms with E-state index in [9.17, 15) is 45.6 Å². The molecule has 1 aliphatic heterocycles. The molecule has 0 saturated carbocycles. The topological polar surface area (TPSA) is 211 Å². The van der Waals surface area contributed by atoms with Crippen molar-refractivity contribution in [2.45, 2.75) is 30.7 Å². The van der Waals surface area contributed by atoms with E-state index in [0.29, 0.717) is 0 Å². The van der Waals surface area contributed by atoms with Crippen LogP contribution in [0.1, 0.15) is 0 Å². The fourth-order valence-electron chi connectivity index (χ4n) is 4.28. The van der Waals surface area contributed by atoms with Crippen molar-refractivity contribution in [3.8, 4) is 28.7 Å². The summed E-state index contributed by atoms with van der Waals surface area (Å²) in [6, 6.07) is 5.92. The smallest absolute Gasteiger partial charge is 0.344 e. The third-order valence-electron chi connectivity index (χ3n) is 6.05. The number of benzene rings is 3.